The highest BCUT2D eigenvalue weighted by molar-refractivity contribution is 8.13. The van der Waals surface area contributed by atoms with Crippen molar-refractivity contribution in [2.24, 2.45) is 0 Å². The molecule has 0 saturated carbocycles. The van der Waals surface area contributed by atoms with Gasteiger partial charge in [0.25, 0.3) is 15.3 Å². The molecule has 2 aromatic rings. The number of sulfonamides is 1. The largest absolute Gasteiger partial charge is 0.332 e. The number of para-hydroxylation sites is 1. The lowest BCUT2D eigenvalue weighted by molar-refractivity contribution is -0.116. The van der Waals surface area contributed by atoms with E-state index >= 15 is 0 Å². The minimum absolute atomic E-state index is 0.0211. The Morgan fingerprint density at radius 1 is 1.24 bits per heavy atom. The molecule has 154 valence electrons. The maximum Gasteiger partial charge on any atom is 0.281 e. The third kappa shape index (κ3) is 5.43. The second-order valence-electron chi connectivity index (χ2n) is 6.47. The van der Waals surface area contributed by atoms with Gasteiger partial charge in [-0.1, -0.05) is 41.6 Å². The molecule has 10 heteroatoms. The maximum atomic E-state index is 12.8. The number of halogens is 1. The summed E-state index contributed by atoms with van der Waals surface area (Å²) in [7, 11) is -3.90. The number of nitrogens with zero attached hydrogens (tertiary/aromatic N) is 1. The first-order valence-electron chi connectivity index (χ1n) is 8.86. The van der Waals surface area contributed by atoms with E-state index in [4.69, 9.17) is 11.6 Å². The van der Waals surface area contributed by atoms with E-state index in [2.05, 4.69) is 10.0 Å². The maximum absolute atomic E-state index is 12.8. The third-order valence-corrected chi connectivity index (χ3v) is 7.06. The summed E-state index contributed by atoms with van der Waals surface area (Å²) in [6.07, 6.45) is 0.139. The van der Waals surface area contributed by atoms with Crippen LogP contribution in [0.3, 0.4) is 0 Å². The molecule has 0 bridgehead atoms. The Bertz CT molecular complexity index is 1040. The number of thioether (sulfide) groups is 1. The molecule has 0 atom stereocenters. The van der Waals surface area contributed by atoms with Gasteiger partial charge in [0.2, 0.25) is 5.91 Å². The Morgan fingerprint density at radius 2 is 2.00 bits per heavy atom. The molecule has 0 aliphatic carbocycles. The van der Waals surface area contributed by atoms with Crippen LogP contribution in [-0.4, -0.2) is 43.3 Å². The molecule has 0 spiro atoms. The van der Waals surface area contributed by atoms with E-state index in [9.17, 15) is 18.0 Å². The molecule has 0 unspecified atom stereocenters. The van der Waals surface area contributed by atoms with Crippen LogP contribution in [0.1, 0.15) is 12.0 Å². The fourth-order valence-electron chi connectivity index (χ4n) is 2.80. The smallest absolute Gasteiger partial charge is 0.281 e. The Kier molecular flexibility index (Phi) is 6.71. The fraction of sp³-hybridized carbons (Fsp3) is 0.263. The van der Waals surface area contributed by atoms with E-state index in [1.165, 1.54) is 17.8 Å². The number of carbonyl (C=O) groups excluding carboxylic acids is 2. The summed E-state index contributed by atoms with van der Waals surface area (Å²) in [5.74, 6) is 0.443. The molecule has 1 saturated heterocycles. The number of amides is 2. The van der Waals surface area contributed by atoms with Crippen LogP contribution in [0.15, 0.2) is 47.4 Å². The van der Waals surface area contributed by atoms with Gasteiger partial charge in [0, 0.05) is 31.0 Å². The molecular weight excluding hydrogens is 434 g/mol. The SMILES string of the molecule is Cc1ccc(NC(=O)CCN2CCSC2=O)cc1S(=O)(=O)Nc1ccccc1Cl. The first-order chi connectivity index (χ1) is 13.8. The highest BCUT2D eigenvalue weighted by Crippen LogP contribution is 2.27. The summed E-state index contributed by atoms with van der Waals surface area (Å²) in [6.45, 7) is 2.64. The van der Waals surface area contributed by atoms with Crippen molar-refractivity contribution < 1.29 is 18.0 Å². The number of hydrogen-bond donors (Lipinski definition) is 2. The Hall–Kier alpha value is -2.23. The predicted molar refractivity (Wildman–Crippen MR) is 116 cm³/mol. The van der Waals surface area contributed by atoms with Crippen LogP contribution >= 0.6 is 23.4 Å². The van der Waals surface area contributed by atoms with Crippen molar-refractivity contribution in [2.45, 2.75) is 18.2 Å². The number of rotatable bonds is 7. The number of nitrogens with one attached hydrogen (secondary N) is 2. The lowest BCUT2D eigenvalue weighted by Crippen LogP contribution is -2.27. The topological polar surface area (TPSA) is 95.6 Å². The fourth-order valence-corrected chi connectivity index (χ4v) is 5.24. The van der Waals surface area contributed by atoms with E-state index < -0.39 is 10.0 Å². The molecule has 7 nitrogen and oxygen atoms in total. The highest BCUT2D eigenvalue weighted by Gasteiger charge is 2.22. The van der Waals surface area contributed by atoms with Crippen LogP contribution in [0.4, 0.5) is 16.2 Å². The second kappa shape index (κ2) is 9.06. The van der Waals surface area contributed by atoms with Gasteiger partial charge in [-0.05, 0) is 36.8 Å². The quantitative estimate of drug-likeness (QED) is 0.661. The van der Waals surface area contributed by atoms with Gasteiger partial charge >= 0.3 is 0 Å². The van der Waals surface area contributed by atoms with Crippen molar-refractivity contribution in [1.82, 2.24) is 4.90 Å². The van der Waals surface area contributed by atoms with Crippen LogP contribution in [-0.2, 0) is 14.8 Å². The van der Waals surface area contributed by atoms with Gasteiger partial charge in [0.1, 0.15) is 0 Å². The summed E-state index contributed by atoms with van der Waals surface area (Å²) in [4.78, 5) is 25.5. The zero-order valence-corrected chi connectivity index (χ0v) is 18.0. The number of aryl methyl sites for hydroxylation is 1. The zero-order valence-electron chi connectivity index (χ0n) is 15.6. The first-order valence-corrected chi connectivity index (χ1v) is 11.7. The first kappa shape index (κ1) is 21.5. The average molecular weight is 454 g/mol. The van der Waals surface area contributed by atoms with Gasteiger partial charge in [0.05, 0.1) is 15.6 Å². The molecule has 2 aromatic carbocycles. The summed E-state index contributed by atoms with van der Waals surface area (Å²) in [6, 6.07) is 11.2. The predicted octanol–water partition coefficient (Wildman–Crippen LogP) is 3.95. The average Bonchev–Trinajstić information content (AvgIpc) is 3.08. The highest BCUT2D eigenvalue weighted by atomic mass is 35.5. The molecule has 0 aromatic heterocycles. The molecule has 2 N–H and O–H groups in total. The van der Waals surface area contributed by atoms with Gasteiger partial charge < -0.3 is 10.2 Å². The van der Waals surface area contributed by atoms with Gasteiger partial charge in [-0.3, -0.25) is 14.3 Å². The molecule has 1 aliphatic heterocycles. The Balaban J connectivity index is 1.71. The van der Waals surface area contributed by atoms with Crippen molar-refractivity contribution in [1.29, 1.82) is 0 Å². The summed E-state index contributed by atoms with van der Waals surface area (Å²) in [5, 5.41) is 2.96. The standard InChI is InChI=1S/C19H20ClN3O4S2/c1-13-6-7-14(21-18(24)8-9-23-10-11-28-19(23)25)12-17(13)29(26,27)22-16-5-3-2-4-15(16)20/h2-7,12,22H,8-11H2,1H3,(H,21,24). The minimum atomic E-state index is -3.90. The van der Waals surface area contributed by atoms with E-state index in [0.717, 1.165) is 5.75 Å². The van der Waals surface area contributed by atoms with E-state index in [0.29, 0.717) is 24.3 Å². The van der Waals surface area contributed by atoms with E-state index in [1.54, 1.807) is 48.2 Å². The number of carbonyl (C=O) groups is 2. The molecule has 0 radical (unpaired) electrons. The molecule has 29 heavy (non-hydrogen) atoms. The molecule has 1 heterocycles. The van der Waals surface area contributed by atoms with Gasteiger partial charge in [-0.15, -0.1) is 0 Å². The van der Waals surface area contributed by atoms with Crippen LogP contribution in [0.2, 0.25) is 5.02 Å². The Morgan fingerprint density at radius 3 is 2.69 bits per heavy atom. The zero-order chi connectivity index (χ0) is 21.0. The van der Waals surface area contributed by atoms with E-state index in [1.807, 2.05) is 0 Å². The summed E-state index contributed by atoms with van der Waals surface area (Å²) >= 11 is 7.28. The van der Waals surface area contributed by atoms with Crippen LogP contribution < -0.4 is 10.0 Å². The number of benzene rings is 2. The van der Waals surface area contributed by atoms with E-state index in [-0.39, 0.29) is 33.2 Å². The van der Waals surface area contributed by atoms with Gasteiger partial charge in [-0.2, -0.15) is 0 Å². The lowest BCUT2D eigenvalue weighted by Gasteiger charge is -2.15. The normalized spacial score (nSPS) is 14.1. The summed E-state index contributed by atoms with van der Waals surface area (Å²) < 4.78 is 28.1. The van der Waals surface area contributed by atoms with Crippen LogP contribution in [0.25, 0.3) is 0 Å². The van der Waals surface area contributed by atoms with Gasteiger partial charge in [-0.25, -0.2) is 8.42 Å². The van der Waals surface area contributed by atoms with Crippen molar-refractivity contribution >= 4 is 55.9 Å². The number of anilines is 2. The Labute approximate surface area is 178 Å². The molecule has 1 fully saturated rings. The third-order valence-electron chi connectivity index (χ3n) is 4.33. The minimum Gasteiger partial charge on any atom is -0.332 e. The molecular formula is C19H20ClN3O4S2. The van der Waals surface area contributed by atoms with Crippen molar-refractivity contribution in [3.8, 4) is 0 Å². The lowest BCUT2D eigenvalue weighted by atomic mass is 10.2. The number of hydrogen-bond acceptors (Lipinski definition) is 5. The monoisotopic (exact) mass is 453 g/mol. The van der Waals surface area contributed by atoms with Crippen LogP contribution in [0.5, 0.6) is 0 Å². The second-order valence-corrected chi connectivity index (χ2v) is 9.57. The molecule has 1 aliphatic rings. The van der Waals surface area contributed by atoms with Crippen LogP contribution in [0, 0.1) is 6.92 Å². The van der Waals surface area contributed by atoms with Crippen molar-refractivity contribution in [2.75, 3.05) is 28.9 Å². The van der Waals surface area contributed by atoms with Gasteiger partial charge in [0.15, 0.2) is 0 Å². The molecule has 2 amide bonds. The molecule has 3 rings (SSSR count). The van der Waals surface area contributed by atoms with Crippen molar-refractivity contribution in [3.63, 3.8) is 0 Å². The summed E-state index contributed by atoms with van der Waals surface area (Å²) in [5.41, 5.74) is 1.17. The van der Waals surface area contributed by atoms with Crippen molar-refractivity contribution in [3.05, 3.63) is 53.1 Å².